The number of aromatic hydroxyl groups is 1. The summed E-state index contributed by atoms with van der Waals surface area (Å²) in [5.74, 6) is -0.853. The Kier molecular flexibility index (Phi) is 1.89. The minimum Gasteiger partial charge on any atom is -0.507 e. The van der Waals surface area contributed by atoms with Crippen molar-refractivity contribution in [3.63, 3.8) is 0 Å². The molecule has 0 radical (unpaired) electrons. The summed E-state index contributed by atoms with van der Waals surface area (Å²) < 4.78 is 18.4. The third kappa shape index (κ3) is 1.23. The molecule has 4 heteroatoms. The molecule has 2 N–H and O–H groups in total. The third-order valence-corrected chi connectivity index (χ3v) is 2.49. The number of rotatable bonds is 2. The quantitative estimate of drug-likeness (QED) is 0.757. The third-order valence-electron chi connectivity index (χ3n) is 2.49. The van der Waals surface area contributed by atoms with E-state index in [9.17, 15) is 14.6 Å². The molecule has 0 amide bonds. The molecule has 1 fully saturated rings. The molecule has 0 heterocycles. The van der Waals surface area contributed by atoms with E-state index in [-0.39, 0.29) is 17.1 Å². The summed E-state index contributed by atoms with van der Waals surface area (Å²) in [6, 6.07) is 2.66. The minimum absolute atomic E-state index is 0.0399. The maximum atomic E-state index is 13.6. The SMILES string of the molecule is COc1ccc(O)c(C2(O)CC2)c1F. The van der Waals surface area contributed by atoms with E-state index in [1.807, 2.05) is 0 Å². The van der Waals surface area contributed by atoms with Crippen molar-refractivity contribution in [3.05, 3.63) is 23.5 Å². The number of phenols is 1. The minimum atomic E-state index is -1.19. The van der Waals surface area contributed by atoms with Gasteiger partial charge in [0.1, 0.15) is 5.75 Å². The first-order valence-electron chi connectivity index (χ1n) is 4.37. The van der Waals surface area contributed by atoms with Crippen LogP contribution in [-0.4, -0.2) is 17.3 Å². The van der Waals surface area contributed by atoms with Crippen molar-refractivity contribution in [3.8, 4) is 11.5 Å². The van der Waals surface area contributed by atoms with Crippen molar-refractivity contribution in [1.82, 2.24) is 0 Å². The molecular weight excluding hydrogens is 187 g/mol. The average molecular weight is 198 g/mol. The van der Waals surface area contributed by atoms with Gasteiger partial charge in [0.2, 0.25) is 0 Å². The number of aliphatic hydroxyl groups is 1. The first-order chi connectivity index (χ1) is 6.58. The van der Waals surface area contributed by atoms with E-state index in [0.29, 0.717) is 12.8 Å². The number of halogens is 1. The molecule has 0 aromatic heterocycles. The van der Waals surface area contributed by atoms with Crippen molar-refractivity contribution in [2.45, 2.75) is 18.4 Å². The normalized spacial score (nSPS) is 17.9. The van der Waals surface area contributed by atoms with E-state index in [0.717, 1.165) is 0 Å². The molecule has 76 valence electrons. The highest BCUT2D eigenvalue weighted by molar-refractivity contribution is 5.46. The van der Waals surface area contributed by atoms with Gasteiger partial charge in [0, 0.05) is 0 Å². The van der Waals surface area contributed by atoms with Crippen molar-refractivity contribution in [2.75, 3.05) is 7.11 Å². The Bertz CT molecular complexity index is 372. The second-order valence-electron chi connectivity index (χ2n) is 3.51. The van der Waals surface area contributed by atoms with Crippen LogP contribution in [0.2, 0.25) is 0 Å². The maximum absolute atomic E-state index is 13.6. The van der Waals surface area contributed by atoms with Gasteiger partial charge in [0.05, 0.1) is 18.3 Å². The van der Waals surface area contributed by atoms with E-state index in [1.165, 1.54) is 19.2 Å². The number of phenolic OH excluding ortho intramolecular Hbond substituents is 1. The summed E-state index contributed by atoms with van der Waals surface area (Å²) in [4.78, 5) is 0. The van der Waals surface area contributed by atoms with Gasteiger partial charge in [0.15, 0.2) is 11.6 Å². The van der Waals surface area contributed by atoms with Crippen LogP contribution in [0, 0.1) is 5.82 Å². The fourth-order valence-electron chi connectivity index (χ4n) is 1.52. The van der Waals surface area contributed by atoms with E-state index < -0.39 is 11.4 Å². The summed E-state index contributed by atoms with van der Waals surface area (Å²) in [5.41, 5.74) is -1.24. The van der Waals surface area contributed by atoms with Gasteiger partial charge in [-0.2, -0.15) is 0 Å². The van der Waals surface area contributed by atoms with Gasteiger partial charge in [0.25, 0.3) is 0 Å². The maximum Gasteiger partial charge on any atom is 0.174 e. The Morgan fingerprint density at radius 1 is 1.43 bits per heavy atom. The molecule has 0 atom stereocenters. The topological polar surface area (TPSA) is 49.7 Å². The summed E-state index contributed by atoms with van der Waals surface area (Å²) in [6.45, 7) is 0. The van der Waals surface area contributed by atoms with Crippen LogP contribution in [0.4, 0.5) is 4.39 Å². The van der Waals surface area contributed by atoms with E-state index in [4.69, 9.17) is 4.74 Å². The summed E-state index contributed by atoms with van der Waals surface area (Å²) in [7, 11) is 1.34. The Labute approximate surface area is 80.8 Å². The van der Waals surface area contributed by atoms with Crippen LogP contribution >= 0.6 is 0 Å². The van der Waals surface area contributed by atoms with Crippen LogP contribution in [0.15, 0.2) is 12.1 Å². The van der Waals surface area contributed by atoms with Crippen LogP contribution in [0.3, 0.4) is 0 Å². The summed E-state index contributed by atoms with van der Waals surface area (Å²) >= 11 is 0. The number of methoxy groups -OCH3 is 1. The lowest BCUT2D eigenvalue weighted by atomic mass is 10.1. The first kappa shape index (κ1) is 9.27. The van der Waals surface area contributed by atoms with Crippen LogP contribution in [-0.2, 0) is 5.60 Å². The van der Waals surface area contributed by atoms with E-state index in [2.05, 4.69) is 0 Å². The lowest BCUT2D eigenvalue weighted by molar-refractivity contribution is 0.141. The Hall–Kier alpha value is -1.29. The number of benzene rings is 1. The lowest BCUT2D eigenvalue weighted by Crippen LogP contribution is -2.08. The van der Waals surface area contributed by atoms with Gasteiger partial charge in [-0.25, -0.2) is 4.39 Å². The predicted molar refractivity (Wildman–Crippen MR) is 47.7 cm³/mol. The van der Waals surface area contributed by atoms with Crippen molar-refractivity contribution in [2.24, 2.45) is 0 Å². The standard InChI is InChI=1S/C10H11FO3/c1-14-7-3-2-6(12)8(9(7)11)10(13)4-5-10/h2-3,12-13H,4-5H2,1H3. The van der Waals surface area contributed by atoms with E-state index in [1.54, 1.807) is 0 Å². The van der Waals surface area contributed by atoms with Crippen molar-refractivity contribution < 1.29 is 19.3 Å². The van der Waals surface area contributed by atoms with Gasteiger partial charge in [-0.3, -0.25) is 0 Å². The van der Waals surface area contributed by atoms with Crippen LogP contribution in [0.25, 0.3) is 0 Å². The second-order valence-corrected chi connectivity index (χ2v) is 3.51. The molecule has 1 aliphatic rings. The lowest BCUT2D eigenvalue weighted by Gasteiger charge is -2.13. The number of ether oxygens (including phenoxy) is 1. The second kappa shape index (κ2) is 2.85. The molecule has 0 spiro atoms. The van der Waals surface area contributed by atoms with Crippen molar-refractivity contribution in [1.29, 1.82) is 0 Å². The highest BCUT2D eigenvalue weighted by atomic mass is 19.1. The fourth-order valence-corrected chi connectivity index (χ4v) is 1.52. The highest BCUT2D eigenvalue weighted by Crippen LogP contribution is 2.50. The first-order valence-corrected chi connectivity index (χ1v) is 4.37. The molecule has 14 heavy (non-hydrogen) atoms. The Morgan fingerprint density at radius 3 is 2.57 bits per heavy atom. The zero-order chi connectivity index (χ0) is 10.3. The molecule has 2 rings (SSSR count). The molecule has 0 bridgehead atoms. The Balaban J connectivity index is 2.56. The average Bonchev–Trinajstić information content (AvgIpc) is 2.85. The number of hydrogen-bond acceptors (Lipinski definition) is 3. The fraction of sp³-hybridized carbons (Fsp3) is 0.400. The van der Waals surface area contributed by atoms with E-state index >= 15 is 0 Å². The van der Waals surface area contributed by atoms with Crippen LogP contribution < -0.4 is 4.74 Å². The molecule has 1 aromatic carbocycles. The van der Waals surface area contributed by atoms with Gasteiger partial charge in [-0.15, -0.1) is 0 Å². The summed E-state index contributed by atoms with van der Waals surface area (Å²) in [5, 5.41) is 19.2. The zero-order valence-corrected chi connectivity index (χ0v) is 7.75. The largest absolute Gasteiger partial charge is 0.507 e. The zero-order valence-electron chi connectivity index (χ0n) is 7.75. The monoisotopic (exact) mass is 198 g/mol. The molecule has 0 aliphatic heterocycles. The van der Waals surface area contributed by atoms with Crippen molar-refractivity contribution >= 4 is 0 Å². The highest BCUT2D eigenvalue weighted by Gasteiger charge is 2.46. The molecular formula is C10H11FO3. The smallest absolute Gasteiger partial charge is 0.174 e. The molecule has 3 nitrogen and oxygen atoms in total. The molecule has 0 unspecified atom stereocenters. The predicted octanol–water partition coefficient (Wildman–Crippen LogP) is 1.52. The Morgan fingerprint density at radius 2 is 2.07 bits per heavy atom. The number of hydrogen-bond donors (Lipinski definition) is 2. The van der Waals surface area contributed by atoms with Gasteiger partial charge < -0.3 is 14.9 Å². The molecule has 1 aliphatic carbocycles. The van der Waals surface area contributed by atoms with Gasteiger partial charge in [-0.05, 0) is 25.0 Å². The molecule has 0 saturated heterocycles. The summed E-state index contributed by atoms with van der Waals surface area (Å²) in [6.07, 6.45) is 0.954. The van der Waals surface area contributed by atoms with Crippen LogP contribution in [0.5, 0.6) is 11.5 Å². The van der Waals surface area contributed by atoms with Gasteiger partial charge in [-0.1, -0.05) is 0 Å². The van der Waals surface area contributed by atoms with Crippen LogP contribution in [0.1, 0.15) is 18.4 Å². The van der Waals surface area contributed by atoms with Gasteiger partial charge >= 0.3 is 0 Å². The molecule has 1 aromatic rings. The molecule has 1 saturated carbocycles.